The highest BCUT2D eigenvalue weighted by atomic mass is 127. The maximum atomic E-state index is 4.63. The lowest BCUT2D eigenvalue weighted by molar-refractivity contribution is 0.312. The van der Waals surface area contributed by atoms with Crippen molar-refractivity contribution in [2.75, 3.05) is 45.2 Å². The monoisotopic (exact) mass is 486 g/mol. The fourth-order valence-corrected chi connectivity index (χ4v) is 3.38. The van der Waals surface area contributed by atoms with Crippen LogP contribution in [0.2, 0.25) is 0 Å². The molecule has 6 nitrogen and oxygen atoms in total. The third kappa shape index (κ3) is 6.10. The fourth-order valence-electron chi connectivity index (χ4n) is 2.73. The van der Waals surface area contributed by atoms with E-state index >= 15 is 0 Å². The number of guanidine groups is 1. The van der Waals surface area contributed by atoms with Crippen LogP contribution < -0.4 is 15.5 Å². The number of anilines is 1. The van der Waals surface area contributed by atoms with E-state index in [1.54, 1.807) is 18.4 Å². The smallest absolute Gasteiger partial charge is 0.191 e. The van der Waals surface area contributed by atoms with Gasteiger partial charge in [-0.3, -0.25) is 4.99 Å². The number of rotatable bonds is 5. The van der Waals surface area contributed by atoms with E-state index in [-0.39, 0.29) is 24.0 Å². The van der Waals surface area contributed by atoms with Crippen LogP contribution in [0.3, 0.4) is 0 Å². The van der Waals surface area contributed by atoms with Crippen LogP contribution in [-0.2, 0) is 13.1 Å². The molecule has 0 unspecified atom stereocenters. The molecule has 3 heterocycles. The Balaban J connectivity index is 0.00000243. The van der Waals surface area contributed by atoms with E-state index in [0.717, 1.165) is 50.1 Å². The Hall–Kier alpha value is -1.39. The van der Waals surface area contributed by atoms with Crippen LogP contribution >= 0.6 is 35.3 Å². The average molecular weight is 486 g/mol. The summed E-state index contributed by atoms with van der Waals surface area (Å²) in [5.74, 6) is 1.87. The van der Waals surface area contributed by atoms with Gasteiger partial charge in [0.05, 0.1) is 6.54 Å². The van der Waals surface area contributed by atoms with Gasteiger partial charge in [-0.25, -0.2) is 4.98 Å². The molecule has 0 bridgehead atoms. The molecule has 1 saturated heterocycles. The summed E-state index contributed by atoms with van der Waals surface area (Å²) in [6.45, 7) is 5.77. The van der Waals surface area contributed by atoms with Gasteiger partial charge >= 0.3 is 0 Å². The second-order valence-corrected chi connectivity index (χ2v) is 7.21. The van der Waals surface area contributed by atoms with E-state index in [1.165, 1.54) is 4.88 Å². The van der Waals surface area contributed by atoms with Gasteiger partial charge in [0.2, 0.25) is 0 Å². The van der Waals surface area contributed by atoms with Gasteiger partial charge in [0, 0.05) is 50.8 Å². The van der Waals surface area contributed by atoms with Crippen molar-refractivity contribution < 1.29 is 0 Å². The third-order valence-electron chi connectivity index (χ3n) is 4.33. The number of likely N-dealkylation sites (N-methyl/N-ethyl adjacent to an activating group) is 1. The molecule has 0 radical (unpaired) electrons. The van der Waals surface area contributed by atoms with Gasteiger partial charge < -0.3 is 20.4 Å². The predicted molar refractivity (Wildman–Crippen MR) is 121 cm³/mol. The van der Waals surface area contributed by atoms with Crippen LogP contribution in [0.25, 0.3) is 0 Å². The first-order valence-corrected chi connectivity index (χ1v) is 9.48. The van der Waals surface area contributed by atoms with E-state index in [2.05, 4.69) is 67.1 Å². The Morgan fingerprint density at radius 3 is 2.54 bits per heavy atom. The number of pyridine rings is 1. The molecular formula is C18H27IN6S. The predicted octanol–water partition coefficient (Wildman–Crippen LogP) is 2.38. The lowest BCUT2D eigenvalue weighted by Gasteiger charge is -2.33. The normalized spacial score (nSPS) is 15.5. The van der Waals surface area contributed by atoms with Crippen molar-refractivity contribution in [2.45, 2.75) is 13.1 Å². The van der Waals surface area contributed by atoms with E-state index in [9.17, 15) is 0 Å². The Morgan fingerprint density at radius 2 is 1.92 bits per heavy atom. The summed E-state index contributed by atoms with van der Waals surface area (Å²) in [4.78, 5) is 14.9. The van der Waals surface area contributed by atoms with Crippen molar-refractivity contribution in [1.29, 1.82) is 0 Å². The van der Waals surface area contributed by atoms with Crippen molar-refractivity contribution >= 4 is 47.1 Å². The summed E-state index contributed by atoms with van der Waals surface area (Å²) in [6.07, 6.45) is 1.95. The molecule has 1 aliphatic rings. The first-order valence-electron chi connectivity index (χ1n) is 8.60. The van der Waals surface area contributed by atoms with Gasteiger partial charge in [-0.05, 0) is 30.1 Å². The lowest BCUT2D eigenvalue weighted by atomic mass is 10.2. The highest BCUT2D eigenvalue weighted by molar-refractivity contribution is 14.0. The largest absolute Gasteiger partial charge is 0.354 e. The van der Waals surface area contributed by atoms with E-state index in [1.807, 2.05) is 6.20 Å². The number of piperazine rings is 1. The van der Waals surface area contributed by atoms with Crippen molar-refractivity contribution in [1.82, 2.24) is 20.5 Å². The van der Waals surface area contributed by atoms with Crippen LogP contribution in [0.1, 0.15) is 10.4 Å². The molecule has 1 fully saturated rings. The van der Waals surface area contributed by atoms with Crippen LogP contribution in [0.4, 0.5) is 5.82 Å². The summed E-state index contributed by atoms with van der Waals surface area (Å²) < 4.78 is 0. The highest BCUT2D eigenvalue weighted by Gasteiger charge is 2.14. The standard InChI is InChI=1S/C18H26N6S.HI/c1-19-18(22-14-16-4-3-11-25-16)21-13-15-5-6-17(20-12-15)24-9-7-23(2)8-10-24;/h3-6,11-12H,7-10,13-14H2,1-2H3,(H2,19,21,22);1H. The molecule has 2 aromatic rings. The van der Waals surface area contributed by atoms with Gasteiger partial charge in [0.1, 0.15) is 5.82 Å². The van der Waals surface area contributed by atoms with Gasteiger partial charge in [0.15, 0.2) is 5.96 Å². The molecule has 0 spiro atoms. The van der Waals surface area contributed by atoms with Crippen LogP contribution in [0.5, 0.6) is 0 Å². The average Bonchev–Trinajstić information content (AvgIpc) is 3.17. The molecule has 3 rings (SSSR count). The molecule has 0 atom stereocenters. The van der Waals surface area contributed by atoms with Gasteiger partial charge in [0.25, 0.3) is 0 Å². The van der Waals surface area contributed by atoms with Gasteiger partial charge in [-0.1, -0.05) is 12.1 Å². The summed E-state index contributed by atoms with van der Waals surface area (Å²) in [6, 6.07) is 8.43. The quantitative estimate of drug-likeness (QED) is 0.386. The minimum Gasteiger partial charge on any atom is -0.354 e. The van der Waals surface area contributed by atoms with Crippen molar-refractivity contribution in [2.24, 2.45) is 4.99 Å². The number of nitrogens with zero attached hydrogens (tertiary/aromatic N) is 4. The molecule has 0 saturated carbocycles. The summed E-state index contributed by atoms with van der Waals surface area (Å²) >= 11 is 1.74. The van der Waals surface area contributed by atoms with Crippen LogP contribution in [-0.4, -0.2) is 56.1 Å². The first kappa shape index (κ1) is 20.9. The summed E-state index contributed by atoms with van der Waals surface area (Å²) in [5.41, 5.74) is 1.15. The zero-order valence-electron chi connectivity index (χ0n) is 15.3. The maximum absolute atomic E-state index is 4.63. The van der Waals surface area contributed by atoms with Crippen molar-refractivity contribution in [3.05, 3.63) is 46.3 Å². The number of halogens is 1. The molecule has 8 heteroatoms. The Labute approximate surface area is 176 Å². The van der Waals surface area contributed by atoms with Crippen molar-refractivity contribution in [3.8, 4) is 0 Å². The third-order valence-corrected chi connectivity index (χ3v) is 5.21. The second-order valence-electron chi connectivity index (χ2n) is 6.17. The fraction of sp³-hybridized carbons (Fsp3) is 0.444. The number of nitrogens with one attached hydrogen (secondary N) is 2. The zero-order chi connectivity index (χ0) is 17.5. The molecular weight excluding hydrogens is 459 g/mol. The second kappa shape index (κ2) is 10.7. The molecule has 142 valence electrons. The molecule has 26 heavy (non-hydrogen) atoms. The summed E-state index contributed by atoms with van der Waals surface area (Å²) in [7, 11) is 3.96. The number of aliphatic imine (C=N–C) groups is 1. The Kier molecular flexibility index (Phi) is 8.60. The lowest BCUT2D eigenvalue weighted by Crippen LogP contribution is -2.44. The number of hydrogen-bond acceptors (Lipinski definition) is 5. The SMILES string of the molecule is CN=C(NCc1ccc(N2CCN(C)CC2)nc1)NCc1cccs1.I. The number of hydrogen-bond donors (Lipinski definition) is 2. The van der Waals surface area contributed by atoms with Crippen LogP contribution in [0.15, 0.2) is 40.8 Å². The molecule has 0 aromatic carbocycles. The molecule has 0 amide bonds. The van der Waals surface area contributed by atoms with E-state index in [4.69, 9.17) is 0 Å². The highest BCUT2D eigenvalue weighted by Crippen LogP contribution is 2.13. The Morgan fingerprint density at radius 1 is 1.15 bits per heavy atom. The summed E-state index contributed by atoms with van der Waals surface area (Å²) in [5, 5.41) is 8.75. The Bertz CT molecular complexity index is 665. The minimum absolute atomic E-state index is 0. The zero-order valence-corrected chi connectivity index (χ0v) is 18.5. The molecule has 2 aromatic heterocycles. The van der Waals surface area contributed by atoms with Crippen LogP contribution in [0, 0.1) is 0 Å². The molecule has 1 aliphatic heterocycles. The van der Waals surface area contributed by atoms with E-state index in [0.29, 0.717) is 6.54 Å². The van der Waals surface area contributed by atoms with Crippen molar-refractivity contribution in [3.63, 3.8) is 0 Å². The minimum atomic E-state index is 0. The van der Waals surface area contributed by atoms with E-state index < -0.39 is 0 Å². The first-order chi connectivity index (χ1) is 12.2. The topological polar surface area (TPSA) is 55.8 Å². The number of aromatic nitrogens is 1. The van der Waals surface area contributed by atoms with Gasteiger partial charge in [-0.15, -0.1) is 35.3 Å². The molecule has 0 aliphatic carbocycles. The van der Waals surface area contributed by atoms with Gasteiger partial charge in [-0.2, -0.15) is 0 Å². The molecule has 2 N–H and O–H groups in total. The number of thiophene rings is 1. The maximum Gasteiger partial charge on any atom is 0.191 e.